The molecule has 0 saturated heterocycles. The zero-order valence-electron chi connectivity index (χ0n) is 22.5. The van der Waals surface area contributed by atoms with E-state index in [1.165, 1.54) is 30.5 Å². The maximum absolute atomic E-state index is 13.8. The van der Waals surface area contributed by atoms with Crippen LogP contribution in [-0.2, 0) is 20.9 Å². The van der Waals surface area contributed by atoms with Gasteiger partial charge in [0.05, 0.1) is 20.8 Å². The molecule has 3 amide bonds. The van der Waals surface area contributed by atoms with Crippen molar-refractivity contribution in [2.45, 2.75) is 58.7 Å². The van der Waals surface area contributed by atoms with Crippen molar-refractivity contribution in [2.24, 2.45) is 0 Å². The summed E-state index contributed by atoms with van der Waals surface area (Å²) in [5.74, 6) is 0.478. The number of aromatic nitrogens is 1. The number of para-hydroxylation sites is 1. The predicted octanol–water partition coefficient (Wildman–Crippen LogP) is 4.47. The first-order valence-electron chi connectivity index (χ1n) is 12.1. The number of ether oxygens (including phenoxy) is 2. The number of thiophene rings is 1. The van der Waals surface area contributed by atoms with Gasteiger partial charge in [0.25, 0.3) is 0 Å². The molecular formula is C27H34N4O6S. The number of nitrogens with one attached hydrogen (secondary N) is 2. The number of anilines is 1. The van der Waals surface area contributed by atoms with E-state index in [-0.39, 0.29) is 37.0 Å². The Morgan fingerprint density at radius 3 is 2.45 bits per heavy atom. The minimum Gasteiger partial charge on any atom is -0.493 e. The standard InChI is InChI=1S/C27H34N4O6S/c1-17-15-21(30-37-17)28-22(32)12-13-23(33)31(16-18-9-8-14-38-18)24(26(34)29-27(2,3)4)19-10-7-11-20(35-5)25(19)36-6/h7-11,14-15,24H,12-13,16H2,1-6H3,(H,29,34)(H,28,30,32). The molecule has 0 aliphatic rings. The average molecular weight is 543 g/mol. The van der Waals surface area contributed by atoms with Gasteiger partial charge in [-0.15, -0.1) is 11.3 Å². The number of methoxy groups -OCH3 is 2. The third-order valence-electron chi connectivity index (χ3n) is 5.47. The molecule has 204 valence electrons. The normalized spacial score (nSPS) is 11.9. The highest BCUT2D eigenvalue weighted by Crippen LogP contribution is 2.38. The zero-order valence-corrected chi connectivity index (χ0v) is 23.3. The van der Waals surface area contributed by atoms with Crippen molar-refractivity contribution >= 4 is 34.9 Å². The van der Waals surface area contributed by atoms with Gasteiger partial charge in [0.1, 0.15) is 11.8 Å². The maximum Gasteiger partial charge on any atom is 0.248 e. The van der Waals surface area contributed by atoms with Crippen molar-refractivity contribution in [2.75, 3.05) is 19.5 Å². The summed E-state index contributed by atoms with van der Waals surface area (Å²) in [6, 6.07) is 9.53. The lowest BCUT2D eigenvalue weighted by atomic mass is 9.99. The Bertz CT molecular complexity index is 1250. The van der Waals surface area contributed by atoms with Gasteiger partial charge in [-0.2, -0.15) is 0 Å². The van der Waals surface area contributed by atoms with Gasteiger partial charge in [-0.25, -0.2) is 0 Å². The van der Waals surface area contributed by atoms with Crippen molar-refractivity contribution in [3.05, 3.63) is 58.0 Å². The summed E-state index contributed by atoms with van der Waals surface area (Å²) in [6.45, 7) is 7.48. The molecule has 0 spiro atoms. The molecule has 1 unspecified atom stereocenters. The number of aryl methyl sites for hydroxylation is 1. The number of rotatable bonds is 11. The van der Waals surface area contributed by atoms with Gasteiger partial charge in [-0.1, -0.05) is 23.4 Å². The number of carbonyl (C=O) groups is 3. The molecule has 1 aromatic carbocycles. The molecule has 0 aliphatic carbocycles. The van der Waals surface area contributed by atoms with Crippen LogP contribution in [0.4, 0.5) is 5.82 Å². The lowest BCUT2D eigenvalue weighted by Gasteiger charge is -2.34. The molecule has 3 rings (SSSR count). The van der Waals surface area contributed by atoms with Gasteiger partial charge in [0.2, 0.25) is 17.7 Å². The molecule has 10 nitrogen and oxygen atoms in total. The smallest absolute Gasteiger partial charge is 0.248 e. The Morgan fingerprint density at radius 2 is 1.87 bits per heavy atom. The third kappa shape index (κ3) is 7.58. The molecule has 2 N–H and O–H groups in total. The van der Waals surface area contributed by atoms with Gasteiger partial charge in [0.15, 0.2) is 17.3 Å². The van der Waals surface area contributed by atoms with Crippen LogP contribution in [0.25, 0.3) is 0 Å². The molecule has 0 aliphatic heterocycles. The van der Waals surface area contributed by atoms with Crippen molar-refractivity contribution in [1.82, 2.24) is 15.4 Å². The van der Waals surface area contributed by atoms with E-state index in [9.17, 15) is 14.4 Å². The van der Waals surface area contributed by atoms with Crippen LogP contribution in [0.1, 0.15) is 55.9 Å². The molecule has 38 heavy (non-hydrogen) atoms. The molecule has 1 atom stereocenters. The Labute approximate surface area is 226 Å². The number of hydrogen-bond donors (Lipinski definition) is 2. The fraction of sp³-hybridized carbons (Fsp3) is 0.407. The van der Waals surface area contributed by atoms with E-state index in [0.29, 0.717) is 22.8 Å². The second kappa shape index (κ2) is 12.6. The van der Waals surface area contributed by atoms with E-state index in [1.807, 2.05) is 38.3 Å². The minimum absolute atomic E-state index is 0.103. The summed E-state index contributed by atoms with van der Waals surface area (Å²) in [5.41, 5.74) is -0.0876. The zero-order chi connectivity index (χ0) is 27.9. The molecule has 0 saturated carbocycles. The molecule has 3 aromatic rings. The average Bonchev–Trinajstić information content (AvgIpc) is 3.52. The summed E-state index contributed by atoms with van der Waals surface area (Å²) < 4.78 is 16.1. The summed E-state index contributed by atoms with van der Waals surface area (Å²) >= 11 is 1.47. The van der Waals surface area contributed by atoms with Gasteiger partial charge in [-0.05, 0) is 45.2 Å². The lowest BCUT2D eigenvalue weighted by molar-refractivity contribution is -0.142. The van der Waals surface area contributed by atoms with Crippen LogP contribution in [0.15, 0.2) is 46.3 Å². The quantitative estimate of drug-likeness (QED) is 0.367. The largest absolute Gasteiger partial charge is 0.493 e. The van der Waals surface area contributed by atoms with Gasteiger partial charge >= 0.3 is 0 Å². The van der Waals surface area contributed by atoms with Crippen LogP contribution >= 0.6 is 11.3 Å². The minimum atomic E-state index is -1.05. The Kier molecular flexibility index (Phi) is 9.51. The first-order chi connectivity index (χ1) is 18.0. The molecule has 0 bridgehead atoms. The molecular weight excluding hydrogens is 508 g/mol. The second-order valence-corrected chi connectivity index (χ2v) is 10.7. The van der Waals surface area contributed by atoms with Crippen molar-refractivity contribution < 1.29 is 28.4 Å². The molecule has 2 heterocycles. The number of benzene rings is 1. The predicted molar refractivity (Wildman–Crippen MR) is 144 cm³/mol. The van der Waals surface area contributed by atoms with Crippen LogP contribution in [0.5, 0.6) is 11.5 Å². The summed E-state index contributed by atoms with van der Waals surface area (Å²) in [7, 11) is 3.00. The van der Waals surface area contributed by atoms with Gasteiger partial charge in [-0.3, -0.25) is 14.4 Å². The fourth-order valence-corrected chi connectivity index (χ4v) is 4.61. The molecule has 11 heteroatoms. The van der Waals surface area contributed by atoms with E-state index in [2.05, 4.69) is 15.8 Å². The molecule has 0 fully saturated rings. The van der Waals surface area contributed by atoms with E-state index in [1.54, 1.807) is 31.2 Å². The number of nitrogens with zero attached hydrogens (tertiary/aromatic N) is 2. The number of carbonyl (C=O) groups excluding carboxylic acids is 3. The van der Waals surface area contributed by atoms with Crippen LogP contribution in [0.2, 0.25) is 0 Å². The van der Waals surface area contributed by atoms with Crippen LogP contribution < -0.4 is 20.1 Å². The van der Waals surface area contributed by atoms with Crippen LogP contribution in [0, 0.1) is 6.92 Å². The fourth-order valence-electron chi connectivity index (χ4n) is 3.90. The summed E-state index contributed by atoms with van der Waals surface area (Å²) in [6.07, 6.45) is -0.228. The third-order valence-corrected chi connectivity index (χ3v) is 6.34. The second-order valence-electron chi connectivity index (χ2n) is 9.70. The van der Waals surface area contributed by atoms with Crippen molar-refractivity contribution in [3.8, 4) is 11.5 Å². The topological polar surface area (TPSA) is 123 Å². The van der Waals surface area contributed by atoms with E-state index >= 15 is 0 Å². The maximum atomic E-state index is 13.8. The van der Waals surface area contributed by atoms with E-state index < -0.39 is 17.5 Å². The highest BCUT2D eigenvalue weighted by molar-refractivity contribution is 7.09. The number of amides is 3. The van der Waals surface area contributed by atoms with E-state index in [4.69, 9.17) is 14.0 Å². The van der Waals surface area contributed by atoms with Crippen molar-refractivity contribution in [1.29, 1.82) is 0 Å². The van der Waals surface area contributed by atoms with E-state index in [0.717, 1.165) is 4.88 Å². The van der Waals surface area contributed by atoms with Crippen molar-refractivity contribution in [3.63, 3.8) is 0 Å². The Hall–Kier alpha value is -3.86. The summed E-state index contributed by atoms with van der Waals surface area (Å²) in [4.78, 5) is 42.4. The Balaban J connectivity index is 1.97. The highest BCUT2D eigenvalue weighted by atomic mass is 32.1. The van der Waals surface area contributed by atoms with Gasteiger partial charge < -0.3 is 29.5 Å². The SMILES string of the molecule is COc1cccc(C(C(=O)NC(C)(C)C)N(Cc2cccs2)C(=O)CCC(=O)Nc2cc(C)on2)c1OC. The first-order valence-corrected chi connectivity index (χ1v) is 13.0. The molecule has 0 radical (unpaired) electrons. The monoisotopic (exact) mass is 542 g/mol. The summed E-state index contributed by atoms with van der Waals surface area (Å²) in [5, 5.41) is 11.3. The lowest BCUT2D eigenvalue weighted by Crippen LogP contribution is -2.49. The first kappa shape index (κ1) is 28.7. The Morgan fingerprint density at radius 1 is 1.11 bits per heavy atom. The molecule has 2 aromatic heterocycles. The van der Waals surface area contributed by atoms with Crippen LogP contribution in [0.3, 0.4) is 0 Å². The number of hydrogen-bond acceptors (Lipinski definition) is 8. The van der Waals surface area contributed by atoms with Gasteiger partial charge in [0, 0.05) is 34.9 Å². The highest BCUT2D eigenvalue weighted by Gasteiger charge is 2.36. The van der Waals surface area contributed by atoms with Crippen LogP contribution in [-0.4, -0.2) is 47.5 Å².